The number of morpholine rings is 1. The number of fused-ring (bicyclic) bond motifs is 1. The fraction of sp³-hybridized carbons (Fsp3) is 0.429. The number of hydrogen-bond acceptors (Lipinski definition) is 5. The number of benzene rings is 1. The Kier molecular flexibility index (Phi) is 5.25. The van der Waals surface area contributed by atoms with E-state index >= 15 is 0 Å². The molecule has 0 saturated carbocycles. The van der Waals surface area contributed by atoms with Gasteiger partial charge in [0, 0.05) is 44.1 Å². The predicted molar refractivity (Wildman–Crippen MR) is 107 cm³/mol. The lowest BCUT2D eigenvalue weighted by atomic mass is 10.1. The first kappa shape index (κ1) is 17.8. The van der Waals surface area contributed by atoms with Crippen LogP contribution in [0, 0.1) is 0 Å². The van der Waals surface area contributed by atoms with Crippen molar-refractivity contribution >= 4 is 17.4 Å². The highest BCUT2D eigenvalue weighted by Crippen LogP contribution is 2.31. The maximum atomic E-state index is 12.8. The van der Waals surface area contributed by atoms with Gasteiger partial charge in [-0.3, -0.25) is 4.79 Å². The Labute approximate surface area is 160 Å². The zero-order chi connectivity index (χ0) is 18.6. The van der Waals surface area contributed by atoms with Gasteiger partial charge >= 0.3 is 0 Å². The van der Waals surface area contributed by atoms with Crippen molar-refractivity contribution in [3.8, 4) is 0 Å². The SMILES string of the molecule is CC1Cc2ccccc2N1CCNC(=O)c1cccnc1N1CCOCC1. The lowest BCUT2D eigenvalue weighted by molar-refractivity contribution is 0.0952. The molecule has 142 valence electrons. The molecule has 6 nitrogen and oxygen atoms in total. The van der Waals surface area contributed by atoms with Crippen molar-refractivity contribution in [3.05, 3.63) is 53.7 Å². The largest absolute Gasteiger partial charge is 0.378 e. The number of nitrogens with zero attached hydrogens (tertiary/aromatic N) is 3. The predicted octanol–water partition coefficient (Wildman–Crippen LogP) is 2.10. The van der Waals surface area contributed by atoms with Gasteiger partial charge in [-0.2, -0.15) is 0 Å². The monoisotopic (exact) mass is 366 g/mol. The first-order valence-corrected chi connectivity index (χ1v) is 9.64. The van der Waals surface area contributed by atoms with Crippen LogP contribution in [0.5, 0.6) is 0 Å². The number of rotatable bonds is 5. The summed E-state index contributed by atoms with van der Waals surface area (Å²) >= 11 is 0. The highest BCUT2D eigenvalue weighted by Gasteiger charge is 2.25. The summed E-state index contributed by atoms with van der Waals surface area (Å²) in [5.41, 5.74) is 3.31. The quantitative estimate of drug-likeness (QED) is 0.878. The molecule has 1 N–H and O–H groups in total. The highest BCUT2D eigenvalue weighted by molar-refractivity contribution is 5.98. The minimum atomic E-state index is -0.0651. The van der Waals surface area contributed by atoms with Crippen molar-refractivity contribution in [1.29, 1.82) is 0 Å². The molecule has 1 unspecified atom stereocenters. The third-order valence-electron chi connectivity index (χ3n) is 5.33. The molecule has 0 aliphatic carbocycles. The van der Waals surface area contributed by atoms with Gasteiger partial charge in [0.25, 0.3) is 5.91 Å². The van der Waals surface area contributed by atoms with Gasteiger partial charge in [-0.05, 0) is 37.1 Å². The standard InChI is InChI=1S/C21H26N4O2/c1-16-15-17-5-2-3-7-19(17)25(16)10-9-23-21(26)18-6-4-8-22-20(18)24-11-13-27-14-12-24/h2-8,16H,9-15H2,1H3,(H,23,26). The van der Waals surface area contributed by atoms with Crippen LogP contribution in [0.1, 0.15) is 22.8 Å². The van der Waals surface area contributed by atoms with Crippen LogP contribution in [0.25, 0.3) is 0 Å². The average molecular weight is 366 g/mol. The number of carbonyl (C=O) groups is 1. The van der Waals surface area contributed by atoms with E-state index in [1.165, 1.54) is 11.3 Å². The Balaban J connectivity index is 1.39. The Hall–Kier alpha value is -2.60. The van der Waals surface area contributed by atoms with E-state index in [9.17, 15) is 4.79 Å². The summed E-state index contributed by atoms with van der Waals surface area (Å²) in [6.45, 7) is 6.51. The van der Waals surface area contributed by atoms with Crippen molar-refractivity contribution in [1.82, 2.24) is 10.3 Å². The number of aromatic nitrogens is 1. The fourth-order valence-electron chi connectivity index (χ4n) is 3.96. The molecule has 2 aliphatic rings. The van der Waals surface area contributed by atoms with Crippen molar-refractivity contribution in [3.63, 3.8) is 0 Å². The first-order chi connectivity index (χ1) is 13.2. The Bertz CT molecular complexity index is 804. The Morgan fingerprint density at radius 2 is 2.04 bits per heavy atom. The van der Waals surface area contributed by atoms with Crippen LogP contribution < -0.4 is 15.1 Å². The third kappa shape index (κ3) is 3.76. The third-order valence-corrected chi connectivity index (χ3v) is 5.33. The number of anilines is 2. The van der Waals surface area contributed by atoms with E-state index in [-0.39, 0.29) is 5.91 Å². The van der Waals surface area contributed by atoms with Gasteiger partial charge in [0.15, 0.2) is 0 Å². The van der Waals surface area contributed by atoms with E-state index in [1.807, 2.05) is 12.1 Å². The lowest BCUT2D eigenvalue weighted by Crippen LogP contribution is -2.40. The number of pyridine rings is 1. The summed E-state index contributed by atoms with van der Waals surface area (Å²) in [4.78, 5) is 21.7. The van der Waals surface area contributed by atoms with Crippen LogP contribution in [-0.2, 0) is 11.2 Å². The lowest BCUT2D eigenvalue weighted by Gasteiger charge is -2.29. The molecule has 1 aromatic carbocycles. The van der Waals surface area contributed by atoms with Gasteiger partial charge in [-0.25, -0.2) is 4.98 Å². The summed E-state index contributed by atoms with van der Waals surface area (Å²) in [6.07, 6.45) is 2.80. The number of hydrogen-bond donors (Lipinski definition) is 1. The second-order valence-electron chi connectivity index (χ2n) is 7.11. The molecule has 1 aromatic heterocycles. The van der Waals surface area contributed by atoms with Gasteiger partial charge in [-0.1, -0.05) is 18.2 Å². The molecule has 0 spiro atoms. The van der Waals surface area contributed by atoms with E-state index in [4.69, 9.17) is 4.74 Å². The number of para-hydroxylation sites is 1. The van der Waals surface area contributed by atoms with Gasteiger partial charge < -0.3 is 19.9 Å². The Morgan fingerprint density at radius 1 is 1.22 bits per heavy atom. The van der Waals surface area contributed by atoms with Gasteiger partial charge in [0.2, 0.25) is 0 Å². The maximum absolute atomic E-state index is 12.8. The van der Waals surface area contributed by atoms with Gasteiger partial charge in [0.1, 0.15) is 5.82 Å². The topological polar surface area (TPSA) is 57.7 Å². The van der Waals surface area contributed by atoms with E-state index in [0.717, 1.165) is 31.9 Å². The van der Waals surface area contributed by atoms with E-state index < -0.39 is 0 Å². The van der Waals surface area contributed by atoms with Crippen molar-refractivity contribution < 1.29 is 9.53 Å². The summed E-state index contributed by atoms with van der Waals surface area (Å²) in [7, 11) is 0. The van der Waals surface area contributed by atoms with E-state index in [1.54, 1.807) is 6.20 Å². The number of nitrogens with one attached hydrogen (secondary N) is 1. The minimum absolute atomic E-state index is 0.0651. The zero-order valence-electron chi connectivity index (χ0n) is 15.7. The summed E-state index contributed by atoms with van der Waals surface area (Å²) in [6, 6.07) is 12.6. The molecule has 3 heterocycles. The summed E-state index contributed by atoms with van der Waals surface area (Å²) < 4.78 is 5.41. The van der Waals surface area contributed by atoms with Crippen LogP contribution in [0.4, 0.5) is 11.5 Å². The van der Waals surface area contributed by atoms with Gasteiger partial charge in [-0.15, -0.1) is 0 Å². The van der Waals surface area contributed by atoms with Crippen molar-refractivity contribution in [2.75, 3.05) is 49.2 Å². The van der Waals surface area contributed by atoms with Crippen LogP contribution >= 0.6 is 0 Å². The Morgan fingerprint density at radius 3 is 2.89 bits per heavy atom. The molecule has 0 bridgehead atoms. The van der Waals surface area contributed by atoms with E-state index in [2.05, 4.69) is 51.3 Å². The molecule has 2 aliphatic heterocycles. The van der Waals surface area contributed by atoms with Crippen molar-refractivity contribution in [2.24, 2.45) is 0 Å². The average Bonchev–Trinajstić information content (AvgIpc) is 3.04. The normalized spacial score (nSPS) is 19.1. The summed E-state index contributed by atoms with van der Waals surface area (Å²) in [5, 5.41) is 3.08. The molecule has 4 rings (SSSR count). The molecule has 1 atom stereocenters. The molecular formula is C21H26N4O2. The van der Waals surface area contributed by atoms with Crippen LogP contribution in [0.2, 0.25) is 0 Å². The first-order valence-electron chi connectivity index (χ1n) is 9.64. The molecule has 2 aromatic rings. The minimum Gasteiger partial charge on any atom is -0.378 e. The molecule has 1 amide bonds. The van der Waals surface area contributed by atoms with Crippen LogP contribution in [-0.4, -0.2) is 56.3 Å². The van der Waals surface area contributed by atoms with Crippen LogP contribution in [0.3, 0.4) is 0 Å². The molecule has 1 saturated heterocycles. The van der Waals surface area contributed by atoms with Crippen LogP contribution in [0.15, 0.2) is 42.6 Å². The maximum Gasteiger partial charge on any atom is 0.255 e. The van der Waals surface area contributed by atoms with Crippen molar-refractivity contribution in [2.45, 2.75) is 19.4 Å². The molecular weight excluding hydrogens is 340 g/mol. The fourth-order valence-corrected chi connectivity index (χ4v) is 3.96. The zero-order valence-corrected chi connectivity index (χ0v) is 15.7. The molecule has 1 fully saturated rings. The second-order valence-corrected chi connectivity index (χ2v) is 7.11. The highest BCUT2D eigenvalue weighted by atomic mass is 16.5. The van der Waals surface area contributed by atoms with E-state index in [0.29, 0.717) is 31.4 Å². The second kappa shape index (κ2) is 7.96. The van der Waals surface area contributed by atoms with Gasteiger partial charge in [0.05, 0.1) is 18.8 Å². The smallest absolute Gasteiger partial charge is 0.255 e. The number of ether oxygens (including phenoxy) is 1. The molecule has 6 heteroatoms. The number of amides is 1. The summed E-state index contributed by atoms with van der Waals surface area (Å²) in [5.74, 6) is 0.683. The number of carbonyl (C=O) groups excluding carboxylic acids is 1. The molecule has 0 radical (unpaired) electrons. The molecule has 27 heavy (non-hydrogen) atoms.